The average Bonchev–Trinajstić information content (AvgIpc) is 3.16. The van der Waals surface area contributed by atoms with Crippen LogP contribution < -0.4 is 15.5 Å². The maximum absolute atomic E-state index is 4.65. The Morgan fingerprint density at radius 3 is 2.96 bits per heavy atom. The first kappa shape index (κ1) is 17.7. The van der Waals surface area contributed by atoms with Crippen molar-refractivity contribution in [1.82, 2.24) is 15.6 Å². The van der Waals surface area contributed by atoms with Crippen molar-refractivity contribution < 1.29 is 0 Å². The quantitative estimate of drug-likeness (QED) is 0.616. The zero-order chi connectivity index (χ0) is 17.6. The van der Waals surface area contributed by atoms with Crippen molar-refractivity contribution in [3.63, 3.8) is 0 Å². The molecule has 0 spiro atoms. The van der Waals surface area contributed by atoms with Gasteiger partial charge in [-0.1, -0.05) is 18.2 Å². The van der Waals surface area contributed by atoms with E-state index in [-0.39, 0.29) is 0 Å². The molecule has 0 amide bonds. The fraction of sp³-hybridized carbons (Fsp3) is 0.474. The van der Waals surface area contributed by atoms with Gasteiger partial charge in [0.25, 0.3) is 0 Å². The normalized spacial score (nSPS) is 16.8. The molecule has 0 fully saturated rings. The summed E-state index contributed by atoms with van der Waals surface area (Å²) in [5.74, 6) is 0.857. The zero-order valence-electron chi connectivity index (χ0n) is 15.2. The highest BCUT2D eigenvalue weighted by molar-refractivity contribution is 7.11. The number of nitrogens with zero attached hydrogens (tertiary/aromatic N) is 3. The van der Waals surface area contributed by atoms with E-state index < -0.39 is 0 Å². The monoisotopic (exact) mass is 357 g/mol. The number of aromatic nitrogens is 1. The van der Waals surface area contributed by atoms with Gasteiger partial charge in [-0.3, -0.25) is 0 Å². The SMILES string of the molecule is CCNC(=NCc1ncc(C)s1)NCCN1c2ccccc2CC1C. The van der Waals surface area contributed by atoms with Gasteiger partial charge in [-0.25, -0.2) is 9.98 Å². The van der Waals surface area contributed by atoms with Crippen molar-refractivity contribution >= 4 is 23.0 Å². The number of aliphatic imine (C=N–C) groups is 1. The predicted molar refractivity (Wildman–Crippen MR) is 107 cm³/mol. The number of hydrogen-bond acceptors (Lipinski definition) is 4. The molecule has 1 aliphatic rings. The Morgan fingerprint density at radius 1 is 1.36 bits per heavy atom. The smallest absolute Gasteiger partial charge is 0.191 e. The van der Waals surface area contributed by atoms with E-state index in [1.165, 1.54) is 16.1 Å². The molecule has 0 radical (unpaired) electrons. The molecule has 1 atom stereocenters. The number of hydrogen-bond donors (Lipinski definition) is 2. The van der Waals surface area contributed by atoms with Crippen molar-refractivity contribution in [2.24, 2.45) is 4.99 Å². The van der Waals surface area contributed by atoms with E-state index in [2.05, 4.69) is 70.5 Å². The number of nitrogens with one attached hydrogen (secondary N) is 2. The fourth-order valence-electron chi connectivity index (χ4n) is 3.23. The van der Waals surface area contributed by atoms with Crippen LogP contribution in [0.15, 0.2) is 35.5 Å². The molecule has 2 aromatic rings. The molecule has 2 heterocycles. The largest absolute Gasteiger partial charge is 0.367 e. The summed E-state index contributed by atoms with van der Waals surface area (Å²) in [4.78, 5) is 12.7. The second-order valence-electron chi connectivity index (χ2n) is 6.36. The Hall–Kier alpha value is -2.08. The first-order valence-corrected chi connectivity index (χ1v) is 9.77. The van der Waals surface area contributed by atoms with Crippen LogP contribution in [0.3, 0.4) is 0 Å². The molecule has 134 valence electrons. The molecule has 1 aromatic carbocycles. The summed E-state index contributed by atoms with van der Waals surface area (Å²) in [5.41, 5.74) is 2.83. The number of rotatable bonds is 6. The number of thiazole rings is 1. The number of anilines is 1. The van der Waals surface area contributed by atoms with Crippen molar-refractivity contribution in [1.29, 1.82) is 0 Å². The molecule has 1 unspecified atom stereocenters. The third kappa shape index (κ3) is 4.51. The van der Waals surface area contributed by atoms with Gasteiger partial charge in [0.05, 0.1) is 6.54 Å². The van der Waals surface area contributed by atoms with Crippen LogP contribution in [0.4, 0.5) is 5.69 Å². The third-order valence-electron chi connectivity index (χ3n) is 4.38. The lowest BCUT2D eigenvalue weighted by atomic mass is 10.1. The van der Waals surface area contributed by atoms with Crippen LogP contribution in [0, 0.1) is 6.92 Å². The number of aryl methyl sites for hydroxylation is 1. The van der Waals surface area contributed by atoms with Crippen molar-refractivity contribution in [3.8, 4) is 0 Å². The molecule has 1 aliphatic heterocycles. The molecule has 5 nitrogen and oxygen atoms in total. The van der Waals surface area contributed by atoms with Crippen LogP contribution in [-0.4, -0.2) is 36.6 Å². The van der Waals surface area contributed by atoms with E-state index in [0.29, 0.717) is 12.6 Å². The molecule has 0 saturated carbocycles. The molecule has 6 heteroatoms. The lowest BCUT2D eigenvalue weighted by Gasteiger charge is -2.25. The van der Waals surface area contributed by atoms with Gasteiger partial charge in [-0.2, -0.15) is 0 Å². The summed E-state index contributed by atoms with van der Waals surface area (Å²) in [7, 11) is 0. The van der Waals surface area contributed by atoms with E-state index in [4.69, 9.17) is 0 Å². The second-order valence-corrected chi connectivity index (χ2v) is 7.68. The highest BCUT2D eigenvalue weighted by Gasteiger charge is 2.24. The number of para-hydroxylation sites is 1. The molecule has 1 aromatic heterocycles. The molecule has 0 saturated heterocycles. The molecule has 2 N–H and O–H groups in total. The summed E-state index contributed by atoms with van der Waals surface area (Å²) in [6.45, 7) is 9.76. The Kier molecular flexibility index (Phi) is 5.91. The minimum Gasteiger partial charge on any atom is -0.367 e. The van der Waals surface area contributed by atoms with Gasteiger partial charge in [0.2, 0.25) is 0 Å². The standard InChI is InChI=1S/C19H27N5S/c1-4-20-19(23-13-18-22-12-15(3)25-18)21-9-10-24-14(2)11-16-7-5-6-8-17(16)24/h5-8,12,14H,4,9-11,13H2,1-3H3,(H2,20,21,23). The Labute approximate surface area is 154 Å². The highest BCUT2D eigenvalue weighted by atomic mass is 32.1. The van der Waals surface area contributed by atoms with E-state index in [1.54, 1.807) is 11.3 Å². The van der Waals surface area contributed by atoms with E-state index in [1.807, 2.05) is 6.20 Å². The highest BCUT2D eigenvalue weighted by Crippen LogP contribution is 2.31. The van der Waals surface area contributed by atoms with Crippen LogP contribution in [0.1, 0.15) is 29.3 Å². The summed E-state index contributed by atoms with van der Waals surface area (Å²) in [6.07, 6.45) is 3.04. The lowest BCUT2D eigenvalue weighted by molar-refractivity contribution is 0.656. The Bertz CT molecular complexity index is 724. The van der Waals surface area contributed by atoms with Gasteiger partial charge in [0.1, 0.15) is 5.01 Å². The predicted octanol–water partition coefficient (Wildman–Crippen LogP) is 2.96. The van der Waals surface area contributed by atoms with Gasteiger partial charge >= 0.3 is 0 Å². The summed E-state index contributed by atoms with van der Waals surface area (Å²) in [5, 5.41) is 7.82. The van der Waals surface area contributed by atoms with Crippen LogP contribution >= 0.6 is 11.3 Å². The summed E-state index contributed by atoms with van der Waals surface area (Å²) < 4.78 is 0. The molecule has 3 rings (SSSR count). The van der Waals surface area contributed by atoms with Crippen molar-refractivity contribution in [2.75, 3.05) is 24.5 Å². The van der Waals surface area contributed by atoms with E-state index in [9.17, 15) is 0 Å². The van der Waals surface area contributed by atoms with E-state index >= 15 is 0 Å². The fourth-order valence-corrected chi connectivity index (χ4v) is 3.94. The van der Waals surface area contributed by atoms with Crippen LogP contribution in [0.2, 0.25) is 0 Å². The average molecular weight is 358 g/mol. The molecular weight excluding hydrogens is 330 g/mol. The maximum atomic E-state index is 4.65. The zero-order valence-corrected chi connectivity index (χ0v) is 16.1. The minimum absolute atomic E-state index is 0.553. The molecule has 0 aliphatic carbocycles. The molecule has 25 heavy (non-hydrogen) atoms. The number of fused-ring (bicyclic) bond motifs is 1. The first-order chi connectivity index (χ1) is 12.2. The van der Waals surface area contributed by atoms with E-state index in [0.717, 1.165) is 37.0 Å². The number of guanidine groups is 1. The molecular formula is C19H27N5S. The van der Waals surface area contributed by atoms with Gasteiger partial charge < -0.3 is 15.5 Å². The van der Waals surface area contributed by atoms with Crippen molar-refractivity contribution in [3.05, 3.63) is 45.9 Å². The Morgan fingerprint density at radius 2 is 2.20 bits per heavy atom. The van der Waals surface area contributed by atoms with Gasteiger partial charge in [-0.05, 0) is 38.8 Å². The van der Waals surface area contributed by atoms with Gasteiger partial charge in [-0.15, -0.1) is 11.3 Å². The second kappa shape index (κ2) is 8.34. The topological polar surface area (TPSA) is 52.6 Å². The minimum atomic E-state index is 0.553. The first-order valence-electron chi connectivity index (χ1n) is 8.95. The Balaban J connectivity index is 1.55. The van der Waals surface area contributed by atoms with Crippen LogP contribution in [0.5, 0.6) is 0 Å². The summed E-state index contributed by atoms with van der Waals surface area (Å²) in [6, 6.07) is 9.27. The van der Waals surface area contributed by atoms with Gasteiger partial charge in [0.15, 0.2) is 5.96 Å². The number of benzene rings is 1. The van der Waals surface area contributed by atoms with Crippen LogP contribution in [0.25, 0.3) is 0 Å². The third-order valence-corrected chi connectivity index (χ3v) is 5.28. The summed E-state index contributed by atoms with van der Waals surface area (Å²) >= 11 is 1.70. The van der Waals surface area contributed by atoms with Gasteiger partial charge in [0, 0.05) is 42.4 Å². The van der Waals surface area contributed by atoms with Crippen LogP contribution in [-0.2, 0) is 13.0 Å². The molecule has 0 bridgehead atoms. The van der Waals surface area contributed by atoms with Crippen molar-refractivity contribution in [2.45, 2.75) is 39.8 Å². The maximum Gasteiger partial charge on any atom is 0.191 e. The lowest BCUT2D eigenvalue weighted by Crippen LogP contribution is -2.42.